The Hall–Kier alpha value is -5.01. The number of aromatic hydroxyl groups is 2. The zero-order valence-electron chi connectivity index (χ0n) is 27.5. The lowest BCUT2D eigenvalue weighted by Gasteiger charge is -2.23. The predicted octanol–water partition coefficient (Wildman–Crippen LogP) is 3.96. The maximum Gasteiger partial charge on any atom is 0.412 e. The summed E-state index contributed by atoms with van der Waals surface area (Å²) in [6.07, 6.45) is -1.53. The van der Waals surface area contributed by atoms with Crippen LogP contribution in [0.15, 0.2) is 30.3 Å². The van der Waals surface area contributed by atoms with E-state index in [9.17, 15) is 39.3 Å². The van der Waals surface area contributed by atoms with Gasteiger partial charge in [0.1, 0.15) is 34.8 Å². The van der Waals surface area contributed by atoms with Gasteiger partial charge in [-0.3, -0.25) is 14.9 Å². The number of phenols is 2. The second-order valence-corrected chi connectivity index (χ2v) is 13.3. The molecule has 1 aliphatic rings. The summed E-state index contributed by atoms with van der Waals surface area (Å²) >= 11 is 0. The molecule has 2 atom stereocenters. The summed E-state index contributed by atoms with van der Waals surface area (Å²) in [5, 5.41) is 41.8. The number of hydrogen-bond acceptors (Lipinski definition) is 9. The molecule has 14 nitrogen and oxygen atoms in total. The summed E-state index contributed by atoms with van der Waals surface area (Å²) < 4.78 is 10.6. The van der Waals surface area contributed by atoms with Gasteiger partial charge in [-0.2, -0.15) is 0 Å². The third-order valence-corrected chi connectivity index (χ3v) is 6.89. The van der Waals surface area contributed by atoms with Gasteiger partial charge in [-0.05, 0) is 95.7 Å². The highest BCUT2D eigenvalue weighted by atomic mass is 16.6. The van der Waals surface area contributed by atoms with E-state index in [0.717, 1.165) is 0 Å². The van der Waals surface area contributed by atoms with Crippen LogP contribution in [0.2, 0.25) is 0 Å². The van der Waals surface area contributed by atoms with Gasteiger partial charge in [0, 0.05) is 31.0 Å². The van der Waals surface area contributed by atoms with E-state index in [2.05, 4.69) is 21.3 Å². The summed E-state index contributed by atoms with van der Waals surface area (Å²) in [4.78, 5) is 63.3. The van der Waals surface area contributed by atoms with Crippen LogP contribution in [-0.4, -0.2) is 75.1 Å². The number of hydrogen-bond donors (Lipinski definition) is 7. The standard InChI is InChI=1S/C33H44N4O10/c1-32(2,3)46-30(44)34-13-7-8-22-28(41)36-24(29(42)43)16-20-15-21(23(17-26(20)39)37-31(45)47-33(4,5)6)18-9-11-25(38)19(14-18)10-12-27(40)35-22/h9,11,14-15,17,22,24,38-39H,7-8,10,12-13,16H2,1-6H3,(H,34,44)(H,35,40)(H,36,41)(H,37,45)(H,42,43). The summed E-state index contributed by atoms with van der Waals surface area (Å²) in [6.45, 7) is 10.3. The van der Waals surface area contributed by atoms with Crippen molar-refractivity contribution in [3.63, 3.8) is 0 Å². The fourth-order valence-electron chi connectivity index (χ4n) is 4.79. The zero-order chi connectivity index (χ0) is 35.1. The van der Waals surface area contributed by atoms with E-state index < -0.39 is 53.3 Å². The van der Waals surface area contributed by atoms with Gasteiger partial charge in [-0.1, -0.05) is 6.07 Å². The average Bonchev–Trinajstić information content (AvgIpc) is 2.92. The van der Waals surface area contributed by atoms with Crippen LogP contribution in [0.4, 0.5) is 15.3 Å². The van der Waals surface area contributed by atoms with Crippen LogP contribution in [0.3, 0.4) is 0 Å². The molecule has 0 saturated heterocycles. The Morgan fingerprint density at radius 2 is 1.53 bits per heavy atom. The van der Waals surface area contributed by atoms with Crippen molar-refractivity contribution in [2.75, 3.05) is 11.9 Å². The highest BCUT2D eigenvalue weighted by Gasteiger charge is 2.29. The fourth-order valence-corrected chi connectivity index (χ4v) is 4.79. The van der Waals surface area contributed by atoms with Crippen molar-refractivity contribution in [3.05, 3.63) is 41.5 Å². The maximum absolute atomic E-state index is 13.4. The summed E-state index contributed by atoms with van der Waals surface area (Å²) in [5.41, 5.74) is 0.0399. The highest BCUT2D eigenvalue weighted by Crippen LogP contribution is 2.37. The van der Waals surface area contributed by atoms with Crippen molar-refractivity contribution in [2.24, 2.45) is 0 Å². The fraction of sp³-hybridized carbons (Fsp3) is 0.485. The zero-order valence-corrected chi connectivity index (χ0v) is 27.5. The Labute approximate surface area is 273 Å². The maximum atomic E-state index is 13.4. The van der Waals surface area contributed by atoms with Crippen LogP contribution >= 0.6 is 0 Å². The van der Waals surface area contributed by atoms with Gasteiger partial charge in [0.15, 0.2) is 0 Å². The molecule has 2 aromatic carbocycles. The summed E-state index contributed by atoms with van der Waals surface area (Å²) in [5.74, 6) is -3.11. The summed E-state index contributed by atoms with van der Waals surface area (Å²) in [7, 11) is 0. The molecular weight excluding hydrogens is 612 g/mol. The number of carbonyl (C=O) groups excluding carboxylic acids is 4. The topological polar surface area (TPSA) is 213 Å². The van der Waals surface area contributed by atoms with Crippen LogP contribution in [0.25, 0.3) is 11.1 Å². The van der Waals surface area contributed by atoms with Gasteiger partial charge in [0.2, 0.25) is 11.8 Å². The first-order chi connectivity index (χ1) is 21.8. The lowest BCUT2D eigenvalue weighted by Crippen LogP contribution is -2.52. The molecule has 14 heteroatoms. The van der Waals surface area contributed by atoms with E-state index in [-0.39, 0.29) is 61.4 Å². The lowest BCUT2D eigenvalue weighted by molar-refractivity contribution is -0.142. The number of ether oxygens (including phenoxy) is 2. The molecule has 7 N–H and O–H groups in total. The number of phenolic OH excluding ortho intramolecular Hbond substituents is 2. The Morgan fingerprint density at radius 1 is 0.872 bits per heavy atom. The Bertz CT molecular complexity index is 1510. The van der Waals surface area contributed by atoms with Gasteiger partial charge < -0.3 is 40.7 Å². The van der Waals surface area contributed by atoms with Gasteiger partial charge in [-0.15, -0.1) is 0 Å². The number of amides is 4. The number of rotatable bonds is 6. The molecule has 47 heavy (non-hydrogen) atoms. The van der Waals surface area contributed by atoms with Gasteiger partial charge in [0.05, 0.1) is 5.69 Å². The summed E-state index contributed by atoms with van der Waals surface area (Å²) in [6, 6.07) is 4.71. The number of nitrogens with one attached hydrogen (secondary N) is 4. The van der Waals surface area contributed by atoms with Crippen LogP contribution in [0.1, 0.15) is 71.9 Å². The first-order valence-corrected chi connectivity index (χ1v) is 15.3. The molecule has 3 rings (SSSR count). The van der Waals surface area contributed by atoms with Crippen LogP contribution in [0, 0.1) is 0 Å². The Kier molecular flexibility index (Phi) is 11.7. The minimum Gasteiger partial charge on any atom is -0.508 e. The van der Waals surface area contributed by atoms with E-state index in [1.165, 1.54) is 18.2 Å². The molecule has 0 saturated carbocycles. The third kappa shape index (κ3) is 11.4. The number of carboxylic acids is 1. The normalized spacial score (nSPS) is 17.2. The largest absolute Gasteiger partial charge is 0.508 e. The monoisotopic (exact) mass is 656 g/mol. The first-order valence-electron chi connectivity index (χ1n) is 15.3. The van der Waals surface area contributed by atoms with E-state index in [1.807, 2.05) is 0 Å². The molecule has 0 aromatic heterocycles. The number of carboxylic acid groups (broad SMARTS) is 1. The number of carbonyl (C=O) groups is 5. The van der Waals surface area contributed by atoms with Crippen molar-refractivity contribution in [3.8, 4) is 22.6 Å². The predicted molar refractivity (Wildman–Crippen MR) is 172 cm³/mol. The minimum absolute atomic E-state index is 0.0564. The third-order valence-electron chi connectivity index (χ3n) is 6.89. The average molecular weight is 657 g/mol. The number of aryl methyl sites for hydroxylation is 1. The van der Waals surface area contributed by atoms with Gasteiger partial charge in [0.25, 0.3) is 0 Å². The smallest absolute Gasteiger partial charge is 0.412 e. The number of anilines is 1. The molecule has 1 aliphatic heterocycles. The van der Waals surface area contributed by atoms with E-state index >= 15 is 0 Å². The first kappa shape index (κ1) is 36.5. The molecule has 4 bridgehead atoms. The molecule has 0 fully saturated rings. The molecule has 4 amide bonds. The molecule has 2 unspecified atom stereocenters. The lowest BCUT2D eigenvalue weighted by atomic mass is 9.94. The van der Waals surface area contributed by atoms with Crippen molar-refractivity contribution >= 4 is 35.7 Å². The van der Waals surface area contributed by atoms with Gasteiger partial charge >= 0.3 is 18.2 Å². The number of fused-ring (bicyclic) bond motifs is 5. The van der Waals surface area contributed by atoms with E-state index in [0.29, 0.717) is 16.7 Å². The van der Waals surface area contributed by atoms with Crippen molar-refractivity contribution in [2.45, 2.75) is 96.9 Å². The molecular formula is C33H44N4O10. The molecule has 0 radical (unpaired) electrons. The Balaban J connectivity index is 1.97. The second-order valence-electron chi connectivity index (χ2n) is 13.3. The molecule has 2 aromatic rings. The van der Waals surface area contributed by atoms with E-state index in [1.54, 1.807) is 53.7 Å². The number of alkyl carbamates (subject to hydrolysis) is 1. The van der Waals surface area contributed by atoms with Crippen LogP contribution in [-0.2, 0) is 36.7 Å². The highest BCUT2D eigenvalue weighted by molar-refractivity contribution is 5.94. The number of aliphatic carboxylic acids is 1. The minimum atomic E-state index is -1.51. The van der Waals surface area contributed by atoms with Crippen molar-refractivity contribution in [1.29, 1.82) is 0 Å². The molecule has 0 spiro atoms. The van der Waals surface area contributed by atoms with Crippen molar-refractivity contribution in [1.82, 2.24) is 16.0 Å². The quantitative estimate of drug-likeness (QED) is 0.222. The molecule has 256 valence electrons. The molecule has 1 heterocycles. The Morgan fingerprint density at radius 3 is 2.17 bits per heavy atom. The van der Waals surface area contributed by atoms with Crippen LogP contribution in [0.5, 0.6) is 11.5 Å². The number of benzene rings is 2. The van der Waals surface area contributed by atoms with Crippen LogP contribution < -0.4 is 21.3 Å². The SMILES string of the molecule is CC(C)(C)OC(=O)NCCCC1NC(=O)CCc2cc(ccc2O)-c2cc(c(O)cc2NC(=O)OC(C)(C)C)CC(C(=O)O)NC1=O. The van der Waals surface area contributed by atoms with Crippen molar-refractivity contribution < 1.29 is 48.8 Å². The van der Waals surface area contributed by atoms with E-state index in [4.69, 9.17) is 9.47 Å². The second kappa shape index (κ2) is 15.1. The van der Waals surface area contributed by atoms with Gasteiger partial charge in [-0.25, -0.2) is 14.4 Å². The molecule has 0 aliphatic carbocycles.